The lowest BCUT2D eigenvalue weighted by atomic mass is 10.2. The van der Waals surface area contributed by atoms with Crippen molar-refractivity contribution in [1.29, 1.82) is 0 Å². The molecule has 8 nitrogen and oxygen atoms in total. The molecule has 1 unspecified atom stereocenters. The van der Waals surface area contributed by atoms with Crippen molar-refractivity contribution in [3.05, 3.63) is 18.2 Å². The molecular formula is C17H27N3O5S. The van der Waals surface area contributed by atoms with Crippen LogP contribution in [0.2, 0.25) is 0 Å². The van der Waals surface area contributed by atoms with Gasteiger partial charge in [-0.1, -0.05) is 0 Å². The second-order valence-corrected chi connectivity index (χ2v) is 7.93. The molecule has 1 aromatic rings. The van der Waals surface area contributed by atoms with E-state index in [1.54, 1.807) is 13.0 Å². The van der Waals surface area contributed by atoms with Gasteiger partial charge in [-0.2, -0.15) is 4.31 Å². The molecule has 0 aliphatic carbocycles. The first-order chi connectivity index (χ1) is 12.3. The Balaban J connectivity index is 2.17. The van der Waals surface area contributed by atoms with Crippen molar-refractivity contribution in [2.45, 2.75) is 31.7 Å². The van der Waals surface area contributed by atoms with E-state index in [2.05, 4.69) is 0 Å². The third kappa shape index (κ3) is 4.46. The largest absolute Gasteiger partial charge is 0.490 e. The van der Waals surface area contributed by atoms with Crippen LogP contribution in [0.3, 0.4) is 0 Å². The quantitative estimate of drug-likeness (QED) is 0.705. The number of sulfonamides is 1. The van der Waals surface area contributed by atoms with Crippen LogP contribution in [0.4, 0.5) is 0 Å². The zero-order valence-electron chi connectivity index (χ0n) is 15.5. The highest BCUT2D eigenvalue weighted by atomic mass is 32.2. The van der Waals surface area contributed by atoms with E-state index in [0.717, 1.165) is 0 Å². The van der Waals surface area contributed by atoms with E-state index < -0.39 is 22.0 Å². The molecule has 1 fully saturated rings. The van der Waals surface area contributed by atoms with Crippen LogP contribution >= 0.6 is 0 Å². The minimum Gasteiger partial charge on any atom is -0.490 e. The number of carbonyl (C=O) groups excluding carboxylic acids is 1. The number of primary amides is 1. The molecule has 1 aliphatic rings. The molecule has 0 aromatic heterocycles. The monoisotopic (exact) mass is 385 g/mol. The molecule has 0 radical (unpaired) electrons. The predicted octanol–water partition coefficient (Wildman–Crippen LogP) is 0.664. The Morgan fingerprint density at radius 1 is 1.12 bits per heavy atom. The second-order valence-electron chi connectivity index (χ2n) is 5.99. The number of nitrogens with two attached hydrogens (primary N) is 1. The van der Waals surface area contributed by atoms with Crippen molar-refractivity contribution in [3.63, 3.8) is 0 Å². The van der Waals surface area contributed by atoms with Crippen molar-refractivity contribution in [2.24, 2.45) is 5.73 Å². The maximum Gasteiger partial charge on any atom is 0.243 e. The van der Waals surface area contributed by atoms with E-state index in [1.807, 2.05) is 18.7 Å². The summed E-state index contributed by atoms with van der Waals surface area (Å²) in [7, 11) is -3.65. The highest BCUT2D eigenvalue weighted by molar-refractivity contribution is 7.89. The number of nitrogens with zero attached hydrogens (tertiary/aromatic N) is 2. The molecule has 9 heteroatoms. The van der Waals surface area contributed by atoms with E-state index in [9.17, 15) is 13.2 Å². The summed E-state index contributed by atoms with van der Waals surface area (Å²) in [5.74, 6) is 0.527. The average Bonchev–Trinajstić information content (AvgIpc) is 2.63. The maximum atomic E-state index is 12.9. The number of carbonyl (C=O) groups is 1. The number of hydrogen-bond acceptors (Lipinski definition) is 6. The number of piperazine rings is 1. The molecule has 1 amide bonds. The zero-order valence-corrected chi connectivity index (χ0v) is 16.3. The number of hydrogen-bond donors (Lipinski definition) is 1. The lowest BCUT2D eigenvalue weighted by molar-refractivity contribution is -0.123. The smallest absolute Gasteiger partial charge is 0.243 e. The fraction of sp³-hybridized carbons (Fsp3) is 0.588. The molecule has 1 atom stereocenters. The fourth-order valence-corrected chi connectivity index (χ4v) is 4.29. The molecule has 0 spiro atoms. The highest BCUT2D eigenvalue weighted by Crippen LogP contribution is 2.31. The first-order valence-corrected chi connectivity index (χ1v) is 10.2. The molecule has 0 bridgehead atoms. The van der Waals surface area contributed by atoms with Crippen LogP contribution in [-0.2, 0) is 14.8 Å². The minimum absolute atomic E-state index is 0.167. The molecule has 26 heavy (non-hydrogen) atoms. The van der Waals surface area contributed by atoms with Gasteiger partial charge in [0, 0.05) is 32.2 Å². The van der Waals surface area contributed by atoms with Gasteiger partial charge in [-0.25, -0.2) is 8.42 Å². The van der Waals surface area contributed by atoms with Gasteiger partial charge in [0.1, 0.15) is 0 Å². The summed E-state index contributed by atoms with van der Waals surface area (Å²) in [5.41, 5.74) is 5.32. The minimum atomic E-state index is -3.65. The van der Waals surface area contributed by atoms with Crippen LogP contribution in [0.1, 0.15) is 20.8 Å². The van der Waals surface area contributed by atoms with Crippen molar-refractivity contribution in [2.75, 3.05) is 39.4 Å². The van der Waals surface area contributed by atoms with Crippen LogP contribution in [0, 0.1) is 0 Å². The van der Waals surface area contributed by atoms with Crippen LogP contribution in [0.15, 0.2) is 23.1 Å². The third-order valence-corrected chi connectivity index (χ3v) is 6.28. The molecule has 1 saturated heterocycles. The average molecular weight is 385 g/mol. The van der Waals surface area contributed by atoms with Gasteiger partial charge in [0.25, 0.3) is 0 Å². The standard InChI is InChI=1S/C17H27N3O5S/c1-4-24-15-7-6-14(12-16(15)25-5-2)26(22,23)20-10-8-19(9-11-20)13(3)17(18)21/h6-7,12-13H,4-5,8-11H2,1-3H3,(H2,18,21). The van der Waals surface area contributed by atoms with E-state index in [4.69, 9.17) is 15.2 Å². The summed E-state index contributed by atoms with van der Waals surface area (Å²) < 4.78 is 38.3. The lowest BCUT2D eigenvalue weighted by Gasteiger charge is -2.36. The van der Waals surface area contributed by atoms with Crippen LogP contribution in [0.25, 0.3) is 0 Å². The van der Waals surface area contributed by atoms with E-state index >= 15 is 0 Å². The van der Waals surface area contributed by atoms with Gasteiger partial charge in [0.05, 0.1) is 24.2 Å². The summed E-state index contributed by atoms with van der Waals surface area (Å²) in [6.07, 6.45) is 0. The Labute approximate surface area is 154 Å². The third-order valence-electron chi connectivity index (χ3n) is 4.39. The number of benzene rings is 1. The van der Waals surface area contributed by atoms with Crippen LogP contribution in [-0.4, -0.2) is 69.0 Å². The van der Waals surface area contributed by atoms with Gasteiger partial charge in [0.2, 0.25) is 15.9 Å². The predicted molar refractivity (Wildman–Crippen MR) is 97.8 cm³/mol. The molecule has 146 valence electrons. The van der Waals surface area contributed by atoms with E-state index in [1.165, 1.54) is 16.4 Å². The molecule has 2 rings (SSSR count). The normalized spacial score (nSPS) is 17.7. The molecule has 1 aromatic carbocycles. The Bertz CT molecular complexity index is 730. The zero-order chi connectivity index (χ0) is 19.3. The Morgan fingerprint density at radius 2 is 1.69 bits per heavy atom. The molecule has 2 N–H and O–H groups in total. The lowest BCUT2D eigenvalue weighted by Crippen LogP contribution is -2.54. The summed E-state index contributed by atoms with van der Waals surface area (Å²) >= 11 is 0. The Kier molecular flexibility index (Phi) is 6.85. The topological polar surface area (TPSA) is 102 Å². The maximum absolute atomic E-state index is 12.9. The molecule has 1 heterocycles. The van der Waals surface area contributed by atoms with Gasteiger partial charge in [0.15, 0.2) is 11.5 Å². The number of amides is 1. The highest BCUT2D eigenvalue weighted by Gasteiger charge is 2.31. The second kappa shape index (κ2) is 8.70. The van der Waals surface area contributed by atoms with Gasteiger partial charge >= 0.3 is 0 Å². The Morgan fingerprint density at radius 3 is 2.23 bits per heavy atom. The molecule has 0 saturated carbocycles. The van der Waals surface area contributed by atoms with Gasteiger partial charge in [-0.3, -0.25) is 9.69 Å². The first kappa shape index (κ1) is 20.5. The van der Waals surface area contributed by atoms with Crippen molar-refractivity contribution in [1.82, 2.24) is 9.21 Å². The van der Waals surface area contributed by atoms with Crippen LogP contribution in [0.5, 0.6) is 11.5 Å². The molecular weight excluding hydrogens is 358 g/mol. The van der Waals surface area contributed by atoms with Crippen molar-refractivity contribution >= 4 is 15.9 Å². The summed E-state index contributed by atoms with van der Waals surface area (Å²) in [6, 6.07) is 4.24. The Hall–Kier alpha value is -1.84. The van der Waals surface area contributed by atoms with Gasteiger partial charge < -0.3 is 15.2 Å². The summed E-state index contributed by atoms with van der Waals surface area (Å²) in [6.45, 7) is 7.81. The van der Waals surface area contributed by atoms with Crippen molar-refractivity contribution in [3.8, 4) is 11.5 Å². The van der Waals surface area contributed by atoms with Gasteiger partial charge in [-0.05, 0) is 32.9 Å². The first-order valence-electron chi connectivity index (χ1n) is 8.74. The van der Waals surface area contributed by atoms with E-state index in [-0.39, 0.29) is 4.90 Å². The SMILES string of the molecule is CCOc1ccc(S(=O)(=O)N2CCN(C(C)C(N)=O)CC2)cc1OCC. The molecule has 1 aliphatic heterocycles. The van der Waals surface area contributed by atoms with Gasteiger partial charge in [-0.15, -0.1) is 0 Å². The fourth-order valence-electron chi connectivity index (χ4n) is 2.85. The summed E-state index contributed by atoms with van der Waals surface area (Å²) in [4.78, 5) is 13.4. The number of ether oxygens (including phenoxy) is 2. The van der Waals surface area contributed by atoms with Crippen molar-refractivity contribution < 1.29 is 22.7 Å². The summed E-state index contributed by atoms with van der Waals surface area (Å²) in [5, 5.41) is 0. The number of rotatable bonds is 8. The van der Waals surface area contributed by atoms with E-state index in [0.29, 0.717) is 50.9 Å². The van der Waals surface area contributed by atoms with Crippen LogP contribution < -0.4 is 15.2 Å².